The Bertz CT molecular complexity index is 301. The first-order chi connectivity index (χ1) is 6.70. The zero-order valence-electron chi connectivity index (χ0n) is 8.58. The summed E-state index contributed by atoms with van der Waals surface area (Å²) in [4.78, 5) is 23.1. The van der Waals surface area contributed by atoms with E-state index >= 15 is 0 Å². The average Bonchev–Trinajstić information content (AvgIpc) is 2.18. The zero-order chi connectivity index (χ0) is 10.1. The fourth-order valence-corrected chi connectivity index (χ4v) is 2.63. The van der Waals surface area contributed by atoms with Gasteiger partial charge in [-0.3, -0.25) is 9.59 Å². The van der Waals surface area contributed by atoms with Crippen LogP contribution in [0.5, 0.6) is 0 Å². The van der Waals surface area contributed by atoms with Crippen molar-refractivity contribution in [1.82, 2.24) is 0 Å². The van der Waals surface area contributed by atoms with E-state index in [-0.39, 0.29) is 17.5 Å². The van der Waals surface area contributed by atoms with Gasteiger partial charge in [-0.1, -0.05) is 6.08 Å². The van der Waals surface area contributed by atoms with E-state index in [0.29, 0.717) is 5.92 Å². The predicted molar refractivity (Wildman–Crippen MR) is 53.8 cm³/mol. The summed E-state index contributed by atoms with van der Waals surface area (Å²) >= 11 is 0. The van der Waals surface area contributed by atoms with Gasteiger partial charge in [0.2, 0.25) is 0 Å². The molecule has 0 bridgehead atoms. The molecule has 2 aliphatic carbocycles. The minimum atomic E-state index is -0.324. The van der Waals surface area contributed by atoms with Crippen LogP contribution in [-0.2, 0) is 9.59 Å². The first kappa shape index (κ1) is 9.63. The van der Waals surface area contributed by atoms with Crippen molar-refractivity contribution in [3.8, 4) is 0 Å². The van der Waals surface area contributed by atoms with Crippen molar-refractivity contribution < 1.29 is 9.59 Å². The van der Waals surface area contributed by atoms with Gasteiger partial charge in [0.15, 0.2) is 5.78 Å². The topological polar surface area (TPSA) is 34.1 Å². The van der Waals surface area contributed by atoms with Crippen molar-refractivity contribution in [1.29, 1.82) is 0 Å². The first-order valence-corrected chi connectivity index (χ1v) is 5.45. The van der Waals surface area contributed by atoms with E-state index in [9.17, 15) is 9.59 Å². The Kier molecular flexibility index (Phi) is 2.53. The number of allylic oxidation sites excluding steroid dienone is 2. The van der Waals surface area contributed by atoms with Crippen molar-refractivity contribution in [2.45, 2.75) is 39.0 Å². The van der Waals surface area contributed by atoms with Crippen molar-refractivity contribution >= 4 is 11.6 Å². The molecule has 0 heterocycles. The van der Waals surface area contributed by atoms with Crippen LogP contribution < -0.4 is 0 Å². The van der Waals surface area contributed by atoms with E-state index in [1.807, 2.05) is 0 Å². The number of hydrogen-bond donors (Lipinski definition) is 0. The SMILES string of the molecule is CC(=O)C1CCC2CCCC=C2C1=O. The number of carbonyl (C=O) groups is 2. The highest BCUT2D eigenvalue weighted by atomic mass is 16.1. The van der Waals surface area contributed by atoms with Gasteiger partial charge >= 0.3 is 0 Å². The highest BCUT2D eigenvalue weighted by molar-refractivity contribution is 6.10. The summed E-state index contributed by atoms with van der Waals surface area (Å²) in [5.41, 5.74) is 0.961. The third kappa shape index (κ3) is 1.54. The van der Waals surface area contributed by atoms with Gasteiger partial charge in [0.25, 0.3) is 0 Å². The lowest BCUT2D eigenvalue weighted by molar-refractivity contribution is -0.131. The van der Waals surface area contributed by atoms with Crippen LogP contribution in [0.15, 0.2) is 11.6 Å². The molecule has 0 aromatic heterocycles. The molecule has 2 unspecified atom stereocenters. The zero-order valence-corrected chi connectivity index (χ0v) is 8.58. The molecule has 1 fully saturated rings. The molecule has 2 heteroatoms. The summed E-state index contributed by atoms with van der Waals surface area (Å²) in [6.45, 7) is 1.53. The normalized spacial score (nSPS) is 32.1. The Morgan fingerprint density at radius 2 is 2.14 bits per heavy atom. The number of fused-ring (bicyclic) bond motifs is 1. The molecule has 0 aliphatic heterocycles. The molecule has 76 valence electrons. The van der Waals surface area contributed by atoms with Crippen LogP contribution in [0, 0.1) is 11.8 Å². The minimum Gasteiger partial charge on any atom is -0.299 e. The smallest absolute Gasteiger partial charge is 0.169 e. The maximum Gasteiger partial charge on any atom is 0.169 e. The Labute approximate surface area is 84.4 Å². The summed E-state index contributed by atoms with van der Waals surface area (Å²) in [6, 6.07) is 0. The van der Waals surface area contributed by atoms with E-state index in [1.54, 1.807) is 0 Å². The molecule has 0 saturated heterocycles. The lowest BCUT2D eigenvalue weighted by Crippen LogP contribution is -2.33. The number of rotatable bonds is 1. The fourth-order valence-electron chi connectivity index (χ4n) is 2.63. The second-order valence-corrected chi connectivity index (χ2v) is 4.39. The monoisotopic (exact) mass is 192 g/mol. The Hall–Kier alpha value is -0.920. The standard InChI is InChI=1S/C12H16O2/c1-8(13)10-7-6-9-4-2-3-5-11(9)12(10)14/h5,9-10H,2-4,6-7H2,1H3. The molecule has 2 nitrogen and oxygen atoms in total. The van der Waals surface area contributed by atoms with E-state index in [4.69, 9.17) is 0 Å². The molecule has 14 heavy (non-hydrogen) atoms. The van der Waals surface area contributed by atoms with Crippen LogP contribution in [0.4, 0.5) is 0 Å². The average molecular weight is 192 g/mol. The van der Waals surface area contributed by atoms with Crippen molar-refractivity contribution in [3.05, 3.63) is 11.6 Å². The van der Waals surface area contributed by atoms with Crippen LogP contribution in [0.3, 0.4) is 0 Å². The quantitative estimate of drug-likeness (QED) is 0.597. The maximum atomic E-state index is 11.9. The van der Waals surface area contributed by atoms with Crippen LogP contribution in [0.2, 0.25) is 0 Å². The van der Waals surface area contributed by atoms with Gasteiger partial charge in [0.05, 0.1) is 5.92 Å². The van der Waals surface area contributed by atoms with Gasteiger partial charge < -0.3 is 0 Å². The summed E-state index contributed by atoms with van der Waals surface area (Å²) in [5, 5.41) is 0. The van der Waals surface area contributed by atoms with Crippen molar-refractivity contribution in [3.63, 3.8) is 0 Å². The minimum absolute atomic E-state index is 0.0416. The van der Waals surface area contributed by atoms with E-state index in [1.165, 1.54) is 13.3 Å². The van der Waals surface area contributed by atoms with Crippen LogP contribution >= 0.6 is 0 Å². The maximum absolute atomic E-state index is 11.9. The highest BCUT2D eigenvalue weighted by Gasteiger charge is 2.36. The highest BCUT2D eigenvalue weighted by Crippen LogP contribution is 2.37. The lowest BCUT2D eigenvalue weighted by atomic mass is 9.71. The Morgan fingerprint density at radius 1 is 1.36 bits per heavy atom. The molecular weight excluding hydrogens is 176 g/mol. The molecule has 0 N–H and O–H groups in total. The van der Waals surface area contributed by atoms with Crippen molar-refractivity contribution in [2.24, 2.45) is 11.8 Å². The molecule has 2 atom stereocenters. The third-order valence-corrected chi connectivity index (χ3v) is 3.46. The second-order valence-electron chi connectivity index (χ2n) is 4.39. The molecule has 2 aliphatic rings. The van der Waals surface area contributed by atoms with E-state index in [0.717, 1.165) is 31.3 Å². The van der Waals surface area contributed by atoms with Gasteiger partial charge in [0, 0.05) is 0 Å². The summed E-state index contributed by atoms with van der Waals surface area (Å²) < 4.78 is 0. The molecule has 0 aromatic rings. The Morgan fingerprint density at radius 3 is 2.86 bits per heavy atom. The molecule has 0 radical (unpaired) electrons. The van der Waals surface area contributed by atoms with Crippen LogP contribution in [0.25, 0.3) is 0 Å². The summed E-state index contributed by atoms with van der Waals surface area (Å²) in [6.07, 6.45) is 7.22. The molecule has 0 spiro atoms. The van der Waals surface area contributed by atoms with Gasteiger partial charge in [-0.2, -0.15) is 0 Å². The van der Waals surface area contributed by atoms with Gasteiger partial charge in [-0.05, 0) is 50.5 Å². The van der Waals surface area contributed by atoms with Gasteiger partial charge in [-0.25, -0.2) is 0 Å². The third-order valence-electron chi connectivity index (χ3n) is 3.46. The van der Waals surface area contributed by atoms with E-state index < -0.39 is 0 Å². The predicted octanol–water partition coefficient (Wildman–Crippen LogP) is 2.28. The van der Waals surface area contributed by atoms with Gasteiger partial charge in [0.1, 0.15) is 5.78 Å². The molecule has 0 aromatic carbocycles. The van der Waals surface area contributed by atoms with Crippen LogP contribution in [0.1, 0.15) is 39.0 Å². The number of Topliss-reactive ketones (excluding diaryl/α,β-unsaturated/α-hetero) is 2. The first-order valence-electron chi connectivity index (χ1n) is 5.45. The van der Waals surface area contributed by atoms with Gasteiger partial charge in [-0.15, -0.1) is 0 Å². The molecular formula is C12H16O2. The number of carbonyl (C=O) groups excluding carboxylic acids is 2. The number of ketones is 2. The summed E-state index contributed by atoms with van der Waals surface area (Å²) in [5.74, 6) is 0.302. The largest absolute Gasteiger partial charge is 0.299 e. The molecule has 2 rings (SSSR count). The molecule has 1 saturated carbocycles. The van der Waals surface area contributed by atoms with E-state index in [2.05, 4.69) is 6.08 Å². The fraction of sp³-hybridized carbons (Fsp3) is 0.667. The Balaban J connectivity index is 2.22. The van der Waals surface area contributed by atoms with Crippen LogP contribution in [-0.4, -0.2) is 11.6 Å². The second kappa shape index (κ2) is 3.68. The van der Waals surface area contributed by atoms with Crippen molar-refractivity contribution in [2.75, 3.05) is 0 Å². The number of hydrogen-bond acceptors (Lipinski definition) is 2. The summed E-state index contributed by atoms with van der Waals surface area (Å²) in [7, 11) is 0. The lowest BCUT2D eigenvalue weighted by Gasteiger charge is -2.31. The molecule has 0 amide bonds.